The quantitative estimate of drug-likeness (QED) is 0.208. The topological polar surface area (TPSA) is 123 Å². The fraction of sp³-hybridized carbons (Fsp3) is 0.737. The second kappa shape index (κ2) is 20.3. The molecule has 1 aromatic rings. The van der Waals surface area contributed by atoms with Crippen LogP contribution in [0.2, 0.25) is 0 Å². The van der Waals surface area contributed by atoms with E-state index in [1.165, 1.54) is 11.8 Å². The van der Waals surface area contributed by atoms with Gasteiger partial charge in [0.05, 0.1) is 35.5 Å². The van der Waals surface area contributed by atoms with Gasteiger partial charge in [0, 0.05) is 33.3 Å². The Bertz CT molecular complexity index is 1250. The Kier molecular flexibility index (Phi) is 17.6. The third kappa shape index (κ3) is 10.8. The second-order valence-electron chi connectivity index (χ2n) is 14.6. The number of para-hydroxylation sites is 2. The van der Waals surface area contributed by atoms with Crippen LogP contribution in [0.5, 0.6) is 5.75 Å². The summed E-state index contributed by atoms with van der Waals surface area (Å²) in [5.41, 5.74) is 0.479. The summed E-state index contributed by atoms with van der Waals surface area (Å²) >= 11 is 1.46. The van der Waals surface area contributed by atoms with Gasteiger partial charge in [-0.2, -0.15) is 11.8 Å². The van der Waals surface area contributed by atoms with Gasteiger partial charge < -0.3 is 29.9 Å². The number of carbonyl (C=O) groups excluding carboxylic acids is 4. The number of benzene rings is 1. The van der Waals surface area contributed by atoms with Crippen molar-refractivity contribution in [2.24, 2.45) is 17.8 Å². The van der Waals surface area contributed by atoms with Crippen LogP contribution < -0.4 is 10.2 Å². The molecule has 1 saturated heterocycles. The van der Waals surface area contributed by atoms with Gasteiger partial charge >= 0.3 is 0 Å². The molecular formula is C38H65N5O6S. The number of phenolic OH excluding ortho intramolecular Hbond substituents is 1. The third-order valence-electron chi connectivity index (χ3n) is 10.3. The summed E-state index contributed by atoms with van der Waals surface area (Å²) in [7, 11) is 7.06. The first-order valence-electron chi connectivity index (χ1n) is 18.2. The molecule has 284 valence electrons. The van der Waals surface area contributed by atoms with Crippen LogP contribution in [0, 0.1) is 17.8 Å². The van der Waals surface area contributed by atoms with Crippen molar-refractivity contribution in [3.05, 3.63) is 24.3 Å². The van der Waals surface area contributed by atoms with Gasteiger partial charge in [-0.1, -0.05) is 60.1 Å². The Labute approximate surface area is 305 Å². The minimum Gasteiger partial charge on any atom is -0.506 e. The molecule has 50 heavy (non-hydrogen) atoms. The number of rotatable bonds is 19. The number of amides is 4. The highest BCUT2D eigenvalue weighted by Gasteiger charge is 2.41. The Morgan fingerprint density at radius 1 is 1.02 bits per heavy atom. The number of methoxy groups -OCH3 is 1. The lowest BCUT2D eigenvalue weighted by Gasteiger charge is -2.40. The Morgan fingerprint density at radius 2 is 1.66 bits per heavy atom. The zero-order chi connectivity index (χ0) is 37.9. The summed E-state index contributed by atoms with van der Waals surface area (Å²) < 4.78 is 6.02. The lowest BCUT2D eigenvalue weighted by atomic mass is 9.89. The number of thioether (sulfide) groups is 1. The Morgan fingerprint density at radius 3 is 2.16 bits per heavy atom. The van der Waals surface area contributed by atoms with Crippen LogP contribution in [-0.4, -0.2) is 127 Å². The van der Waals surface area contributed by atoms with E-state index in [9.17, 15) is 24.3 Å². The molecule has 12 heteroatoms. The molecule has 0 spiro atoms. The summed E-state index contributed by atoms with van der Waals surface area (Å²) in [6, 6.07) is 5.20. The number of nitrogens with one attached hydrogen (secondary N) is 1. The van der Waals surface area contributed by atoms with Crippen LogP contribution in [-0.2, 0) is 23.9 Å². The molecule has 0 aromatic heterocycles. The number of carbonyl (C=O) groups is 4. The van der Waals surface area contributed by atoms with E-state index in [0.717, 1.165) is 19.3 Å². The summed E-state index contributed by atoms with van der Waals surface area (Å²) in [6.45, 7) is 14.8. The average Bonchev–Trinajstić information content (AvgIpc) is 3.54. The number of likely N-dealkylation sites (tertiary alicyclic amines) is 1. The normalized spacial score (nSPS) is 18.5. The van der Waals surface area contributed by atoms with E-state index in [0.29, 0.717) is 25.2 Å². The smallest absolute Gasteiger partial charge is 0.245 e. The first-order chi connectivity index (χ1) is 23.5. The van der Waals surface area contributed by atoms with E-state index in [1.54, 1.807) is 48.2 Å². The molecule has 1 fully saturated rings. The molecule has 1 heterocycles. The molecule has 2 N–H and O–H groups in total. The maximum absolute atomic E-state index is 14.2. The fourth-order valence-corrected chi connectivity index (χ4v) is 8.13. The number of nitrogens with zero attached hydrogens (tertiary/aromatic N) is 4. The highest BCUT2D eigenvalue weighted by atomic mass is 32.2. The SMILES string of the molecule is CCC(C)C(C(CC(=O)N1CCCC1CC(SC)C(=O)N(CC)c1ccccc1O)OC)N(C)C(=O)C(NC(=O)C(C(C)C)N(C)C)C(C)C. The number of anilines is 1. The highest BCUT2D eigenvalue weighted by Crippen LogP contribution is 2.32. The van der Waals surface area contributed by atoms with E-state index >= 15 is 0 Å². The molecule has 7 atom stereocenters. The Hall–Kier alpha value is -2.83. The van der Waals surface area contributed by atoms with Crippen LogP contribution in [0.1, 0.15) is 80.6 Å². The van der Waals surface area contributed by atoms with Crippen molar-refractivity contribution in [3.8, 4) is 5.75 Å². The van der Waals surface area contributed by atoms with E-state index < -0.39 is 23.4 Å². The lowest BCUT2D eigenvalue weighted by molar-refractivity contribution is -0.146. The third-order valence-corrected chi connectivity index (χ3v) is 11.2. The van der Waals surface area contributed by atoms with Gasteiger partial charge in [0.2, 0.25) is 23.6 Å². The molecule has 0 aliphatic carbocycles. The molecule has 1 aliphatic rings. The highest BCUT2D eigenvalue weighted by molar-refractivity contribution is 7.99. The monoisotopic (exact) mass is 719 g/mol. The summed E-state index contributed by atoms with van der Waals surface area (Å²) in [6.07, 6.45) is 4.32. The van der Waals surface area contributed by atoms with Gasteiger partial charge in [-0.05, 0) is 76.4 Å². The van der Waals surface area contributed by atoms with Gasteiger partial charge in [0.1, 0.15) is 11.8 Å². The van der Waals surface area contributed by atoms with Crippen molar-refractivity contribution in [2.75, 3.05) is 52.5 Å². The standard InChI is InChI=1S/C38H65N5O6S/c1-13-26(7)35(41(10)38(48)33(24(3)4)39-36(46)34(25(5)6)40(8)9)30(49-11)23-32(45)43-21-17-18-27(43)22-31(50-12)37(47)42(14-2)28-19-15-16-20-29(28)44/h15-16,19-20,24-27,30-31,33-35,44H,13-14,17-18,21-23H2,1-12H3,(H,39,46). The number of ether oxygens (including phenoxy) is 1. The minimum atomic E-state index is -0.738. The molecule has 0 radical (unpaired) electrons. The van der Waals surface area contributed by atoms with Crippen LogP contribution in [0.15, 0.2) is 24.3 Å². The van der Waals surface area contributed by atoms with Crippen LogP contribution in [0.25, 0.3) is 0 Å². The van der Waals surface area contributed by atoms with Gasteiger partial charge in [0.25, 0.3) is 0 Å². The van der Waals surface area contributed by atoms with Crippen molar-refractivity contribution < 1.29 is 29.0 Å². The van der Waals surface area contributed by atoms with Crippen LogP contribution in [0.3, 0.4) is 0 Å². The largest absolute Gasteiger partial charge is 0.506 e. The second-order valence-corrected chi connectivity index (χ2v) is 15.6. The molecule has 0 bridgehead atoms. The minimum absolute atomic E-state index is 0.0118. The van der Waals surface area contributed by atoms with Crippen molar-refractivity contribution in [3.63, 3.8) is 0 Å². The maximum Gasteiger partial charge on any atom is 0.245 e. The number of phenols is 1. The van der Waals surface area contributed by atoms with Crippen molar-refractivity contribution >= 4 is 41.1 Å². The average molecular weight is 720 g/mol. The van der Waals surface area contributed by atoms with Gasteiger partial charge in [0.15, 0.2) is 0 Å². The molecule has 1 aromatic carbocycles. The number of hydrogen-bond acceptors (Lipinski definition) is 8. The van der Waals surface area contributed by atoms with E-state index in [-0.39, 0.29) is 65.6 Å². The van der Waals surface area contributed by atoms with E-state index in [2.05, 4.69) is 19.2 Å². The summed E-state index contributed by atoms with van der Waals surface area (Å²) in [5.74, 6) is -0.579. The first kappa shape index (κ1) is 43.3. The molecule has 2 rings (SSSR count). The first-order valence-corrected chi connectivity index (χ1v) is 19.5. The Balaban J connectivity index is 2.27. The number of hydrogen-bond donors (Lipinski definition) is 2. The van der Waals surface area contributed by atoms with Gasteiger partial charge in [-0.25, -0.2) is 0 Å². The van der Waals surface area contributed by atoms with Crippen molar-refractivity contribution in [1.29, 1.82) is 0 Å². The zero-order valence-corrected chi connectivity index (χ0v) is 33.5. The molecule has 7 unspecified atom stereocenters. The fourth-order valence-electron chi connectivity index (χ4n) is 7.39. The van der Waals surface area contributed by atoms with Crippen LogP contribution >= 0.6 is 11.8 Å². The van der Waals surface area contributed by atoms with Crippen LogP contribution in [0.4, 0.5) is 5.69 Å². The molecule has 11 nitrogen and oxygen atoms in total. The molecule has 1 aliphatic heterocycles. The molecule has 4 amide bonds. The van der Waals surface area contributed by atoms with Gasteiger partial charge in [-0.15, -0.1) is 0 Å². The van der Waals surface area contributed by atoms with Gasteiger partial charge in [-0.3, -0.25) is 24.1 Å². The van der Waals surface area contributed by atoms with E-state index in [1.807, 2.05) is 64.8 Å². The predicted molar refractivity (Wildman–Crippen MR) is 203 cm³/mol. The molecule has 0 saturated carbocycles. The predicted octanol–water partition coefficient (Wildman–Crippen LogP) is 4.86. The summed E-state index contributed by atoms with van der Waals surface area (Å²) in [5, 5.41) is 13.1. The zero-order valence-electron chi connectivity index (χ0n) is 32.6. The maximum atomic E-state index is 14.2. The van der Waals surface area contributed by atoms with E-state index in [4.69, 9.17) is 4.74 Å². The number of likely N-dealkylation sites (N-methyl/N-ethyl adjacent to an activating group) is 2. The number of aromatic hydroxyl groups is 1. The molecular weight excluding hydrogens is 655 g/mol. The van der Waals surface area contributed by atoms with Crippen molar-refractivity contribution in [1.82, 2.24) is 20.0 Å². The van der Waals surface area contributed by atoms with Crippen molar-refractivity contribution in [2.45, 2.75) is 116 Å². The summed E-state index contributed by atoms with van der Waals surface area (Å²) in [4.78, 5) is 62.4. The lowest BCUT2D eigenvalue weighted by Crippen LogP contribution is -2.59.